The number of fused-ring (bicyclic) bond motifs is 3. The summed E-state index contributed by atoms with van der Waals surface area (Å²) in [4.78, 5) is 0. The maximum Gasteiger partial charge on any atom is 0.123 e. The Kier molecular flexibility index (Phi) is 2.37. The number of aromatic hydroxyl groups is 1. The number of phenolic OH excluding ortho intramolecular Hbond substituents is 1. The number of hydrogen-bond acceptors (Lipinski definition) is 2. The van der Waals surface area contributed by atoms with Crippen molar-refractivity contribution in [2.45, 2.75) is 12.3 Å². The van der Waals surface area contributed by atoms with E-state index in [2.05, 4.69) is 18.2 Å². The van der Waals surface area contributed by atoms with Crippen LogP contribution in [0, 0.1) is 0 Å². The fourth-order valence-corrected chi connectivity index (χ4v) is 2.82. The number of benzene rings is 2. The molecule has 0 radical (unpaired) electrons. The number of nitrogens with two attached hydrogens (primary N) is 1. The Morgan fingerprint density at radius 3 is 2.59 bits per heavy atom. The lowest BCUT2D eigenvalue weighted by Gasteiger charge is -2.11. The lowest BCUT2D eigenvalue weighted by molar-refractivity contribution is 0.477. The van der Waals surface area contributed by atoms with E-state index in [1.165, 1.54) is 11.1 Å². The van der Waals surface area contributed by atoms with E-state index in [-0.39, 0.29) is 0 Å². The molecule has 0 fully saturated rings. The molecule has 0 spiro atoms. The van der Waals surface area contributed by atoms with Gasteiger partial charge in [-0.15, -0.1) is 0 Å². The summed E-state index contributed by atoms with van der Waals surface area (Å²) in [6.07, 6.45) is 0.924. The first-order valence-corrected chi connectivity index (χ1v) is 5.94. The monoisotopic (exact) mass is 225 g/mol. The second kappa shape index (κ2) is 3.90. The molecular weight excluding hydrogens is 210 g/mol. The third-order valence-corrected chi connectivity index (χ3v) is 3.51. The minimum atomic E-state index is 0.332. The molecule has 2 heteroatoms. The first-order valence-electron chi connectivity index (χ1n) is 5.94. The lowest BCUT2D eigenvalue weighted by atomic mass is 9.94. The van der Waals surface area contributed by atoms with Gasteiger partial charge in [0.15, 0.2) is 0 Å². The van der Waals surface area contributed by atoms with Gasteiger partial charge in [0.05, 0.1) is 0 Å². The molecule has 0 aliphatic heterocycles. The van der Waals surface area contributed by atoms with E-state index in [4.69, 9.17) is 5.73 Å². The van der Waals surface area contributed by atoms with Crippen molar-refractivity contribution in [1.82, 2.24) is 0 Å². The Morgan fingerprint density at radius 2 is 1.76 bits per heavy atom. The van der Waals surface area contributed by atoms with Crippen LogP contribution in [-0.4, -0.2) is 11.7 Å². The molecule has 0 saturated heterocycles. The smallest absolute Gasteiger partial charge is 0.123 e. The maximum atomic E-state index is 10.0. The molecule has 0 saturated carbocycles. The molecule has 1 atom stereocenters. The standard InChI is InChI=1S/C15H15NO/c16-9-8-11-10-4-1-2-5-12(10)15-13(11)6-3-7-14(15)17/h1-7,11,17H,8-9,16H2. The van der Waals surface area contributed by atoms with E-state index >= 15 is 0 Å². The van der Waals surface area contributed by atoms with Crippen molar-refractivity contribution < 1.29 is 5.11 Å². The van der Waals surface area contributed by atoms with Gasteiger partial charge in [0, 0.05) is 11.5 Å². The molecule has 0 heterocycles. The van der Waals surface area contributed by atoms with Crippen molar-refractivity contribution in [3.63, 3.8) is 0 Å². The van der Waals surface area contributed by atoms with Gasteiger partial charge >= 0.3 is 0 Å². The van der Waals surface area contributed by atoms with Crippen molar-refractivity contribution in [3.05, 3.63) is 53.6 Å². The van der Waals surface area contributed by atoms with Gasteiger partial charge in [-0.1, -0.05) is 36.4 Å². The second-order valence-corrected chi connectivity index (χ2v) is 4.46. The van der Waals surface area contributed by atoms with Crippen molar-refractivity contribution in [1.29, 1.82) is 0 Å². The van der Waals surface area contributed by atoms with E-state index < -0.39 is 0 Å². The zero-order valence-electron chi connectivity index (χ0n) is 9.56. The third-order valence-electron chi connectivity index (χ3n) is 3.51. The summed E-state index contributed by atoms with van der Waals surface area (Å²) in [5.41, 5.74) is 10.3. The predicted molar refractivity (Wildman–Crippen MR) is 69.1 cm³/mol. The van der Waals surface area contributed by atoms with Crippen molar-refractivity contribution in [3.8, 4) is 16.9 Å². The van der Waals surface area contributed by atoms with Gasteiger partial charge in [-0.3, -0.25) is 0 Å². The summed E-state index contributed by atoms with van der Waals surface area (Å²) in [6, 6.07) is 14.0. The highest BCUT2D eigenvalue weighted by Crippen LogP contribution is 2.49. The predicted octanol–water partition coefficient (Wildman–Crippen LogP) is 2.85. The molecule has 1 aliphatic rings. The number of rotatable bonds is 2. The summed E-state index contributed by atoms with van der Waals surface area (Å²) in [5.74, 6) is 0.702. The zero-order chi connectivity index (χ0) is 11.8. The summed E-state index contributed by atoms with van der Waals surface area (Å²) < 4.78 is 0. The highest BCUT2D eigenvalue weighted by molar-refractivity contribution is 5.83. The average molecular weight is 225 g/mol. The molecule has 2 aromatic carbocycles. The summed E-state index contributed by atoms with van der Waals surface area (Å²) in [5, 5.41) is 10.0. The Morgan fingerprint density at radius 1 is 1.00 bits per heavy atom. The molecule has 0 aromatic heterocycles. The third kappa shape index (κ3) is 1.45. The van der Waals surface area contributed by atoms with Crippen LogP contribution in [0.4, 0.5) is 0 Å². The minimum absolute atomic E-state index is 0.332. The van der Waals surface area contributed by atoms with E-state index in [1.54, 1.807) is 6.07 Å². The van der Waals surface area contributed by atoms with Gasteiger partial charge < -0.3 is 10.8 Å². The number of phenols is 1. The van der Waals surface area contributed by atoms with Gasteiger partial charge in [0.25, 0.3) is 0 Å². The molecule has 0 bridgehead atoms. The first kappa shape index (κ1) is 10.4. The van der Waals surface area contributed by atoms with E-state index in [1.807, 2.05) is 18.2 Å². The first-order chi connectivity index (χ1) is 8.33. The molecule has 0 amide bonds. The fourth-order valence-electron chi connectivity index (χ4n) is 2.82. The van der Waals surface area contributed by atoms with E-state index in [0.29, 0.717) is 18.2 Å². The quantitative estimate of drug-likeness (QED) is 0.825. The van der Waals surface area contributed by atoms with Gasteiger partial charge in [-0.25, -0.2) is 0 Å². The Hall–Kier alpha value is -1.80. The van der Waals surface area contributed by atoms with Gasteiger partial charge in [0.2, 0.25) is 0 Å². The lowest BCUT2D eigenvalue weighted by Crippen LogP contribution is -2.06. The molecule has 86 valence electrons. The summed E-state index contributed by atoms with van der Waals surface area (Å²) >= 11 is 0. The number of hydrogen-bond donors (Lipinski definition) is 2. The van der Waals surface area contributed by atoms with Crippen LogP contribution in [0.15, 0.2) is 42.5 Å². The summed E-state index contributed by atoms with van der Waals surface area (Å²) in [7, 11) is 0. The molecule has 1 unspecified atom stereocenters. The van der Waals surface area contributed by atoms with E-state index in [9.17, 15) is 5.11 Å². The molecule has 17 heavy (non-hydrogen) atoms. The van der Waals surface area contributed by atoms with Crippen molar-refractivity contribution in [2.75, 3.05) is 6.54 Å². The van der Waals surface area contributed by atoms with Crippen LogP contribution in [-0.2, 0) is 0 Å². The van der Waals surface area contributed by atoms with E-state index in [0.717, 1.165) is 17.5 Å². The largest absolute Gasteiger partial charge is 0.507 e. The average Bonchev–Trinajstić information content (AvgIpc) is 2.66. The Balaban J connectivity index is 2.26. The maximum absolute atomic E-state index is 10.0. The highest BCUT2D eigenvalue weighted by Gasteiger charge is 2.29. The van der Waals surface area contributed by atoms with Gasteiger partial charge in [-0.2, -0.15) is 0 Å². The fraction of sp³-hybridized carbons (Fsp3) is 0.200. The molecule has 2 aromatic rings. The second-order valence-electron chi connectivity index (χ2n) is 4.46. The highest BCUT2D eigenvalue weighted by atomic mass is 16.3. The normalized spacial score (nSPS) is 16.6. The van der Waals surface area contributed by atoms with Gasteiger partial charge in [0.1, 0.15) is 5.75 Å². The Bertz CT molecular complexity index is 563. The van der Waals surface area contributed by atoms with Crippen molar-refractivity contribution >= 4 is 0 Å². The van der Waals surface area contributed by atoms with Crippen LogP contribution in [0.3, 0.4) is 0 Å². The van der Waals surface area contributed by atoms with Crippen LogP contribution in [0.1, 0.15) is 23.5 Å². The van der Waals surface area contributed by atoms with Crippen LogP contribution in [0.25, 0.3) is 11.1 Å². The van der Waals surface area contributed by atoms with Gasteiger partial charge in [-0.05, 0) is 35.7 Å². The Labute approximate surface area is 101 Å². The summed E-state index contributed by atoms with van der Waals surface area (Å²) in [6.45, 7) is 0.661. The van der Waals surface area contributed by atoms with Crippen LogP contribution >= 0.6 is 0 Å². The minimum Gasteiger partial charge on any atom is -0.507 e. The zero-order valence-corrected chi connectivity index (χ0v) is 9.56. The molecular formula is C15H15NO. The van der Waals surface area contributed by atoms with Crippen LogP contribution in [0.2, 0.25) is 0 Å². The molecule has 2 nitrogen and oxygen atoms in total. The topological polar surface area (TPSA) is 46.2 Å². The molecule has 3 N–H and O–H groups in total. The van der Waals surface area contributed by atoms with Crippen LogP contribution < -0.4 is 5.73 Å². The molecule has 3 rings (SSSR count). The molecule has 1 aliphatic carbocycles. The van der Waals surface area contributed by atoms with Crippen LogP contribution in [0.5, 0.6) is 5.75 Å². The SMILES string of the molecule is NCCC1c2ccccc2-c2c(O)cccc21. The van der Waals surface area contributed by atoms with Crippen molar-refractivity contribution in [2.24, 2.45) is 5.73 Å².